The van der Waals surface area contributed by atoms with E-state index >= 15 is 0 Å². The van der Waals surface area contributed by atoms with Gasteiger partial charge in [-0.25, -0.2) is 14.4 Å². The highest BCUT2D eigenvalue weighted by Gasteiger charge is 2.25. The molecule has 1 aromatic heterocycles. The number of nitrogens with zero attached hydrogens (tertiary/aromatic N) is 3. The number of carbonyl (C=O) groups is 2. The molecule has 7 nitrogen and oxygen atoms in total. The smallest absolute Gasteiger partial charge is 0.279 e. The van der Waals surface area contributed by atoms with Crippen molar-refractivity contribution in [2.75, 3.05) is 25.5 Å². The Hall–Kier alpha value is -4.59. The van der Waals surface area contributed by atoms with Gasteiger partial charge >= 0.3 is 0 Å². The molecular formula is C31H29FN4O3. The lowest BCUT2D eigenvalue weighted by atomic mass is 9.89. The van der Waals surface area contributed by atoms with E-state index in [9.17, 15) is 14.0 Å². The van der Waals surface area contributed by atoms with Crippen LogP contribution in [0, 0.1) is 5.82 Å². The number of carbonyl (C=O) groups excluding carboxylic acids is 2. The Kier molecular flexibility index (Phi) is 7.91. The molecule has 2 heterocycles. The number of hydrogen-bond donors (Lipinski definition) is 1. The standard InChI is InChI=1S/C31H29FN4O3/c1-39-30-28(33-14-15-34-30)29(37)35-27-10-8-23(9-11-27)24-12-16-36(17-13-24)31(38)25-6-2-4-21(19-25)18-22-5-3-7-26(32)20-22/h2-11,14-15,19-20,24H,12-13,16-18H2,1H3,(H,35,37). The molecule has 1 aliphatic heterocycles. The molecule has 39 heavy (non-hydrogen) atoms. The zero-order valence-electron chi connectivity index (χ0n) is 21.6. The minimum absolute atomic E-state index is 0.0204. The lowest BCUT2D eigenvalue weighted by Crippen LogP contribution is -2.37. The van der Waals surface area contributed by atoms with Crippen molar-refractivity contribution in [3.8, 4) is 5.88 Å². The van der Waals surface area contributed by atoms with Crippen LogP contribution in [-0.2, 0) is 6.42 Å². The number of ether oxygens (including phenoxy) is 1. The van der Waals surface area contributed by atoms with E-state index in [1.54, 1.807) is 6.07 Å². The summed E-state index contributed by atoms with van der Waals surface area (Å²) in [5, 5.41) is 2.83. The van der Waals surface area contributed by atoms with E-state index in [1.807, 2.05) is 59.5 Å². The number of likely N-dealkylation sites (tertiary alicyclic amines) is 1. The summed E-state index contributed by atoms with van der Waals surface area (Å²) in [4.78, 5) is 35.8. The third kappa shape index (κ3) is 6.29. The molecule has 8 heteroatoms. The number of amides is 2. The van der Waals surface area contributed by atoms with Crippen LogP contribution in [0.5, 0.6) is 5.88 Å². The molecule has 0 unspecified atom stereocenters. The monoisotopic (exact) mass is 524 g/mol. The molecule has 1 saturated heterocycles. The molecule has 0 aliphatic carbocycles. The van der Waals surface area contributed by atoms with Crippen molar-refractivity contribution in [3.05, 3.63) is 119 Å². The fourth-order valence-electron chi connectivity index (χ4n) is 4.95. The molecular weight excluding hydrogens is 495 g/mol. The van der Waals surface area contributed by atoms with Crippen molar-refractivity contribution >= 4 is 17.5 Å². The number of halogens is 1. The predicted octanol–water partition coefficient (Wildman–Crippen LogP) is 5.49. The van der Waals surface area contributed by atoms with Gasteiger partial charge in [-0.3, -0.25) is 9.59 Å². The Balaban J connectivity index is 1.16. The molecule has 3 aromatic carbocycles. The van der Waals surface area contributed by atoms with Gasteiger partial charge in [-0.05, 0) is 78.3 Å². The number of nitrogens with one attached hydrogen (secondary N) is 1. The summed E-state index contributed by atoms with van der Waals surface area (Å²) >= 11 is 0. The van der Waals surface area contributed by atoms with E-state index < -0.39 is 0 Å². The van der Waals surface area contributed by atoms with Gasteiger partial charge in [0.15, 0.2) is 5.69 Å². The van der Waals surface area contributed by atoms with Crippen molar-refractivity contribution < 1.29 is 18.7 Å². The summed E-state index contributed by atoms with van der Waals surface area (Å²) in [6.07, 6.45) is 5.20. The third-order valence-corrected chi connectivity index (χ3v) is 6.97. The van der Waals surface area contributed by atoms with Gasteiger partial charge in [0.2, 0.25) is 5.88 Å². The van der Waals surface area contributed by atoms with Gasteiger partial charge in [0.1, 0.15) is 5.82 Å². The Morgan fingerprint density at radius 2 is 1.64 bits per heavy atom. The lowest BCUT2D eigenvalue weighted by Gasteiger charge is -2.32. The molecule has 1 fully saturated rings. The van der Waals surface area contributed by atoms with Crippen molar-refractivity contribution in [2.24, 2.45) is 0 Å². The molecule has 0 radical (unpaired) electrons. The maximum absolute atomic E-state index is 13.5. The first kappa shape index (κ1) is 26.0. The maximum Gasteiger partial charge on any atom is 0.279 e. The van der Waals surface area contributed by atoms with Crippen molar-refractivity contribution in [1.29, 1.82) is 0 Å². The number of benzene rings is 3. The number of rotatable bonds is 7. The summed E-state index contributed by atoms with van der Waals surface area (Å²) in [6, 6.07) is 21.9. The van der Waals surface area contributed by atoms with Gasteiger partial charge in [0.05, 0.1) is 7.11 Å². The van der Waals surface area contributed by atoms with Crippen LogP contribution in [0.3, 0.4) is 0 Å². The fraction of sp³-hybridized carbons (Fsp3) is 0.226. The third-order valence-electron chi connectivity index (χ3n) is 6.97. The van der Waals surface area contributed by atoms with Crippen LogP contribution < -0.4 is 10.1 Å². The Morgan fingerprint density at radius 1 is 0.949 bits per heavy atom. The minimum Gasteiger partial charge on any atom is -0.479 e. The van der Waals surface area contributed by atoms with Crippen molar-refractivity contribution in [2.45, 2.75) is 25.2 Å². The topological polar surface area (TPSA) is 84.4 Å². The Morgan fingerprint density at radius 3 is 2.36 bits per heavy atom. The number of methoxy groups -OCH3 is 1. The average molecular weight is 525 g/mol. The van der Waals surface area contributed by atoms with Crippen LogP contribution in [0.2, 0.25) is 0 Å². The van der Waals surface area contributed by atoms with Gasteiger partial charge in [0, 0.05) is 36.7 Å². The summed E-state index contributed by atoms with van der Waals surface area (Å²) in [7, 11) is 1.45. The lowest BCUT2D eigenvalue weighted by molar-refractivity contribution is 0.0712. The zero-order chi connectivity index (χ0) is 27.2. The number of aromatic nitrogens is 2. The predicted molar refractivity (Wildman–Crippen MR) is 147 cm³/mol. The summed E-state index contributed by atoms with van der Waals surface area (Å²) < 4.78 is 18.7. The maximum atomic E-state index is 13.5. The number of piperidine rings is 1. The van der Waals surface area contributed by atoms with E-state index in [0.717, 1.165) is 24.0 Å². The molecule has 0 atom stereocenters. The van der Waals surface area contributed by atoms with Gasteiger partial charge in [-0.15, -0.1) is 0 Å². The first-order valence-corrected chi connectivity index (χ1v) is 12.9. The van der Waals surface area contributed by atoms with E-state index in [4.69, 9.17) is 4.74 Å². The average Bonchev–Trinajstić information content (AvgIpc) is 2.97. The van der Waals surface area contributed by atoms with Gasteiger partial charge < -0.3 is 15.0 Å². The van der Waals surface area contributed by atoms with E-state index in [2.05, 4.69) is 15.3 Å². The largest absolute Gasteiger partial charge is 0.479 e. The fourth-order valence-corrected chi connectivity index (χ4v) is 4.95. The Bertz CT molecular complexity index is 1470. The van der Waals surface area contributed by atoms with Crippen LogP contribution >= 0.6 is 0 Å². The van der Waals surface area contributed by atoms with E-state index in [0.29, 0.717) is 36.7 Å². The van der Waals surface area contributed by atoms with Gasteiger partial charge in [-0.2, -0.15) is 0 Å². The van der Waals surface area contributed by atoms with Crippen molar-refractivity contribution in [1.82, 2.24) is 14.9 Å². The summed E-state index contributed by atoms with van der Waals surface area (Å²) in [5.74, 6) is -0.124. The molecule has 0 spiro atoms. The van der Waals surface area contributed by atoms with Crippen LogP contribution in [0.4, 0.5) is 10.1 Å². The van der Waals surface area contributed by atoms with Crippen LogP contribution in [0.25, 0.3) is 0 Å². The highest BCUT2D eigenvalue weighted by Crippen LogP contribution is 2.30. The second-order valence-electron chi connectivity index (χ2n) is 9.56. The molecule has 0 bridgehead atoms. The Labute approximate surface area is 226 Å². The van der Waals surface area contributed by atoms with Crippen molar-refractivity contribution in [3.63, 3.8) is 0 Å². The van der Waals surface area contributed by atoms with E-state index in [1.165, 1.54) is 37.2 Å². The first-order valence-electron chi connectivity index (χ1n) is 12.9. The van der Waals surface area contributed by atoms with Gasteiger partial charge in [-0.1, -0.05) is 36.4 Å². The minimum atomic E-state index is -0.389. The molecule has 4 aromatic rings. The molecule has 0 saturated carbocycles. The zero-order valence-corrected chi connectivity index (χ0v) is 21.6. The van der Waals surface area contributed by atoms with Crippen LogP contribution in [-0.4, -0.2) is 46.9 Å². The molecule has 5 rings (SSSR count). The molecule has 2 amide bonds. The molecule has 1 N–H and O–H groups in total. The normalized spacial score (nSPS) is 13.6. The summed E-state index contributed by atoms with van der Waals surface area (Å²) in [5.41, 5.74) is 4.46. The van der Waals surface area contributed by atoms with Gasteiger partial charge in [0.25, 0.3) is 11.8 Å². The molecule has 198 valence electrons. The second-order valence-corrected chi connectivity index (χ2v) is 9.56. The van der Waals surface area contributed by atoms with E-state index in [-0.39, 0.29) is 29.2 Å². The quantitative estimate of drug-likeness (QED) is 0.346. The number of anilines is 1. The van der Waals surface area contributed by atoms with Crippen LogP contribution in [0.1, 0.15) is 56.3 Å². The SMILES string of the molecule is COc1nccnc1C(=O)Nc1ccc(C2CCN(C(=O)c3cccc(Cc4cccc(F)c4)c3)CC2)cc1. The molecule has 1 aliphatic rings. The highest BCUT2D eigenvalue weighted by atomic mass is 19.1. The summed E-state index contributed by atoms with van der Waals surface area (Å²) in [6.45, 7) is 1.34. The first-order chi connectivity index (χ1) is 19.0. The highest BCUT2D eigenvalue weighted by molar-refractivity contribution is 6.04. The second kappa shape index (κ2) is 11.9. The number of hydrogen-bond acceptors (Lipinski definition) is 5. The van der Waals surface area contributed by atoms with Crippen LogP contribution in [0.15, 0.2) is 85.2 Å².